The number of rotatable bonds is 5. The third-order valence-electron chi connectivity index (χ3n) is 3.97. The molecular formula is C15H25N3O2. The molecule has 0 aliphatic heterocycles. The van der Waals surface area contributed by atoms with E-state index in [0.717, 1.165) is 25.7 Å². The zero-order valence-electron chi connectivity index (χ0n) is 12.4. The molecule has 0 unspecified atom stereocenters. The monoisotopic (exact) mass is 279 g/mol. The normalized spacial score (nSPS) is 18.2. The molecule has 1 aliphatic carbocycles. The van der Waals surface area contributed by atoms with Crippen molar-refractivity contribution >= 4 is 5.82 Å². The fourth-order valence-corrected chi connectivity index (χ4v) is 2.87. The van der Waals surface area contributed by atoms with Gasteiger partial charge in [0.1, 0.15) is 0 Å². The Morgan fingerprint density at radius 1 is 1.40 bits per heavy atom. The number of hydrogen-bond acceptors (Lipinski definition) is 4. The molecule has 5 nitrogen and oxygen atoms in total. The molecule has 0 radical (unpaired) electrons. The summed E-state index contributed by atoms with van der Waals surface area (Å²) in [5, 5.41) is 12.9. The van der Waals surface area contributed by atoms with E-state index >= 15 is 0 Å². The summed E-state index contributed by atoms with van der Waals surface area (Å²) in [5.74, 6) is 0.772. The van der Waals surface area contributed by atoms with Crippen molar-refractivity contribution in [2.24, 2.45) is 5.92 Å². The molecule has 20 heavy (non-hydrogen) atoms. The zero-order valence-corrected chi connectivity index (χ0v) is 12.4. The third kappa shape index (κ3) is 3.39. The van der Waals surface area contributed by atoms with Gasteiger partial charge in [-0.05, 0) is 18.8 Å². The van der Waals surface area contributed by atoms with Crippen LogP contribution in [0.25, 0.3) is 0 Å². The van der Waals surface area contributed by atoms with Crippen molar-refractivity contribution in [1.29, 1.82) is 0 Å². The van der Waals surface area contributed by atoms with Gasteiger partial charge in [-0.15, -0.1) is 0 Å². The maximum Gasteiger partial charge on any atom is 0.293 e. The van der Waals surface area contributed by atoms with Gasteiger partial charge in [0.05, 0.1) is 12.1 Å². The summed E-state index contributed by atoms with van der Waals surface area (Å²) in [5.41, 5.74) is -0.471. The highest BCUT2D eigenvalue weighted by Gasteiger charge is 2.32. The molecule has 1 fully saturated rings. The third-order valence-corrected chi connectivity index (χ3v) is 3.97. The van der Waals surface area contributed by atoms with Crippen molar-refractivity contribution in [2.45, 2.75) is 58.0 Å². The van der Waals surface area contributed by atoms with Crippen LogP contribution in [0.4, 0.5) is 5.82 Å². The van der Waals surface area contributed by atoms with Crippen LogP contribution in [0.15, 0.2) is 17.2 Å². The van der Waals surface area contributed by atoms with Gasteiger partial charge < -0.3 is 15.0 Å². The lowest BCUT2D eigenvalue weighted by atomic mass is 9.82. The van der Waals surface area contributed by atoms with Crippen LogP contribution < -0.4 is 10.9 Å². The van der Waals surface area contributed by atoms with E-state index in [0.29, 0.717) is 18.3 Å². The van der Waals surface area contributed by atoms with Crippen molar-refractivity contribution in [3.8, 4) is 0 Å². The highest BCUT2D eigenvalue weighted by molar-refractivity contribution is 5.35. The van der Waals surface area contributed by atoms with Crippen LogP contribution in [0.5, 0.6) is 0 Å². The molecule has 0 amide bonds. The summed E-state index contributed by atoms with van der Waals surface area (Å²) >= 11 is 0. The molecule has 0 spiro atoms. The molecule has 1 aromatic rings. The first-order valence-corrected chi connectivity index (χ1v) is 7.51. The summed E-state index contributed by atoms with van der Waals surface area (Å²) in [7, 11) is 0. The lowest BCUT2D eigenvalue weighted by Gasteiger charge is -2.36. The van der Waals surface area contributed by atoms with Crippen LogP contribution in [0.3, 0.4) is 0 Å². The summed E-state index contributed by atoms with van der Waals surface area (Å²) in [6, 6.07) is 0. The van der Waals surface area contributed by atoms with Gasteiger partial charge in [0, 0.05) is 18.9 Å². The Labute approximate surface area is 120 Å². The van der Waals surface area contributed by atoms with Gasteiger partial charge in [0.15, 0.2) is 5.82 Å². The van der Waals surface area contributed by atoms with Crippen molar-refractivity contribution in [3.05, 3.63) is 22.7 Å². The highest BCUT2D eigenvalue weighted by Crippen LogP contribution is 2.30. The molecule has 0 atom stereocenters. The first-order chi connectivity index (χ1) is 9.56. The molecule has 1 aliphatic rings. The van der Waals surface area contributed by atoms with Crippen molar-refractivity contribution in [3.63, 3.8) is 0 Å². The van der Waals surface area contributed by atoms with Gasteiger partial charge in [-0.25, -0.2) is 4.98 Å². The Hall–Kier alpha value is -1.36. The van der Waals surface area contributed by atoms with Crippen LogP contribution in [-0.2, 0) is 6.54 Å². The maximum absolute atomic E-state index is 12.4. The first kappa shape index (κ1) is 15.0. The summed E-state index contributed by atoms with van der Waals surface area (Å²) < 4.78 is 1.69. The smallest absolute Gasteiger partial charge is 0.293 e. The second-order valence-electron chi connectivity index (χ2n) is 6.25. The topological polar surface area (TPSA) is 67.2 Å². The number of anilines is 1. The van der Waals surface area contributed by atoms with E-state index in [-0.39, 0.29) is 17.7 Å². The number of nitrogens with zero attached hydrogens (tertiary/aromatic N) is 2. The van der Waals surface area contributed by atoms with Crippen LogP contribution in [0, 0.1) is 5.92 Å². The van der Waals surface area contributed by atoms with Gasteiger partial charge in [0.25, 0.3) is 5.56 Å². The van der Waals surface area contributed by atoms with E-state index in [2.05, 4.69) is 24.1 Å². The van der Waals surface area contributed by atoms with Crippen molar-refractivity contribution in [2.75, 3.05) is 11.9 Å². The fraction of sp³-hybridized carbons (Fsp3) is 0.733. The summed E-state index contributed by atoms with van der Waals surface area (Å²) in [4.78, 5) is 16.6. The van der Waals surface area contributed by atoms with Gasteiger partial charge in [-0.2, -0.15) is 0 Å². The lowest BCUT2D eigenvalue weighted by molar-refractivity contribution is 0.172. The van der Waals surface area contributed by atoms with Crippen LogP contribution in [-0.4, -0.2) is 26.8 Å². The van der Waals surface area contributed by atoms with E-state index in [1.165, 1.54) is 6.42 Å². The largest absolute Gasteiger partial charge is 0.394 e. The lowest BCUT2D eigenvalue weighted by Crippen LogP contribution is -2.46. The van der Waals surface area contributed by atoms with Crippen LogP contribution in [0.1, 0.15) is 46.0 Å². The number of aliphatic hydroxyl groups is 1. The quantitative estimate of drug-likeness (QED) is 0.865. The Morgan fingerprint density at radius 3 is 2.70 bits per heavy atom. The average molecular weight is 279 g/mol. The molecule has 1 aromatic heterocycles. The van der Waals surface area contributed by atoms with E-state index in [4.69, 9.17) is 0 Å². The van der Waals surface area contributed by atoms with Gasteiger partial charge in [0.2, 0.25) is 0 Å². The maximum atomic E-state index is 12.4. The minimum atomic E-state index is -0.374. The van der Waals surface area contributed by atoms with E-state index in [1.807, 2.05) is 0 Å². The molecule has 5 heteroatoms. The van der Waals surface area contributed by atoms with Gasteiger partial charge in [-0.1, -0.05) is 33.1 Å². The van der Waals surface area contributed by atoms with Gasteiger partial charge in [-0.3, -0.25) is 4.79 Å². The molecule has 2 N–H and O–H groups in total. The van der Waals surface area contributed by atoms with Crippen molar-refractivity contribution in [1.82, 2.24) is 9.55 Å². The molecular weight excluding hydrogens is 254 g/mol. The van der Waals surface area contributed by atoms with E-state index in [1.54, 1.807) is 17.0 Å². The van der Waals surface area contributed by atoms with E-state index in [9.17, 15) is 9.90 Å². The molecule has 1 heterocycles. The first-order valence-electron chi connectivity index (χ1n) is 7.51. The van der Waals surface area contributed by atoms with Crippen molar-refractivity contribution < 1.29 is 5.11 Å². The molecule has 0 aromatic carbocycles. The Balaban J connectivity index is 2.22. The minimum absolute atomic E-state index is 0.0488. The number of hydrogen-bond donors (Lipinski definition) is 2. The minimum Gasteiger partial charge on any atom is -0.394 e. The predicted octanol–water partition coefficient (Wildman–Crippen LogP) is 2.01. The zero-order chi connectivity index (χ0) is 14.6. The molecule has 0 bridgehead atoms. The van der Waals surface area contributed by atoms with Gasteiger partial charge >= 0.3 is 0 Å². The Bertz CT molecular complexity index is 490. The molecule has 112 valence electrons. The summed E-state index contributed by atoms with van der Waals surface area (Å²) in [6.45, 7) is 4.89. The number of aromatic nitrogens is 2. The molecule has 0 saturated heterocycles. The Morgan fingerprint density at radius 2 is 2.10 bits per heavy atom. The van der Waals surface area contributed by atoms with E-state index < -0.39 is 0 Å². The average Bonchev–Trinajstić information content (AvgIpc) is 2.44. The Kier molecular flexibility index (Phi) is 4.81. The fourth-order valence-electron chi connectivity index (χ4n) is 2.87. The molecule has 2 rings (SSSR count). The number of nitrogens with one attached hydrogen (secondary N) is 1. The standard InChI is InChI=1S/C15H25N3O2/c1-12(2)10-18-9-8-16-13(14(18)20)17-15(11-19)6-4-3-5-7-15/h8-9,12,19H,3-7,10-11H2,1-2H3,(H,16,17). The summed E-state index contributed by atoms with van der Waals surface area (Å²) in [6.07, 6.45) is 8.53. The van der Waals surface area contributed by atoms with Crippen LogP contribution >= 0.6 is 0 Å². The second kappa shape index (κ2) is 6.39. The second-order valence-corrected chi connectivity index (χ2v) is 6.25. The predicted molar refractivity (Wildman–Crippen MR) is 79.9 cm³/mol. The highest BCUT2D eigenvalue weighted by atomic mass is 16.3. The SMILES string of the molecule is CC(C)Cn1ccnc(NC2(CO)CCCCC2)c1=O. The van der Waals surface area contributed by atoms with Crippen LogP contribution in [0.2, 0.25) is 0 Å². The molecule has 1 saturated carbocycles. The number of aliphatic hydroxyl groups excluding tert-OH is 1.